The van der Waals surface area contributed by atoms with Crippen LogP contribution in [0.5, 0.6) is 0 Å². The molecule has 1 aliphatic heterocycles. The van der Waals surface area contributed by atoms with Crippen LogP contribution >= 0.6 is 23.3 Å². The van der Waals surface area contributed by atoms with Crippen LogP contribution in [0.1, 0.15) is 11.7 Å². The summed E-state index contributed by atoms with van der Waals surface area (Å²) in [5.41, 5.74) is 0. The van der Waals surface area contributed by atoms with Crippen LogP contribution in [0.25, 0.3) is 10.1 Å². The van der Waals surface area contributed by atoms with Gasteiger partial charge in [-0.05, 0) is 29.9 Å². The molecule has 24 heavy (non-hydrogen) atoms. The Morgan fingerprint density at radius 1 is 1.21 bits per heavy atom. The van der Waals surface area contributed by atoms with Gasteiger partial charge >= 0.3 is 0 Å². The summed E-state index contributed by atoms with van der Waals surface area (Å²) in [6.45, 7) is 4.63. The van der Waals surface area contributed by atoms with Crippen molar-refractivity contribution in [3.63, 3.8) is 0 Å². The van der Waals surface area contributed by atoms with Crippen molar-refractivity contribution in [2.75, 3.05) is 37.3 Å². The molecule has 1 aromatic carbocycles. The van der Waals surface area contributed by atoms with Crippen LogP contribution in [0.2, 0.25) is 0 Å². The zero-order chi connectivity index (χ0) is 16.4. The first-order valence-electron chi connectivity index (χ1n) is 7.95. The van der Waals surface area contributed by atoms with Gasteiger partial charge < -0.3 is 9.42 Å². The number of rotatable bonds is 5. The van der Waals surface area contributed by atoms with Gasteiger partial charge in [0.2, 0.25) is 5.89 Å². The highest BCUT2D eigenvalue weighted by atomic mass is 32.2. The van der Waals surface area contributed by atoms with Crippen LogP contribution in [-0.4, -0.2) is 51.8 Å². The summed E-state index contributed by atoms with van der Waals surface area (Å²) in [5.74, 6) is 3.42. The van der Waals surface area contributed by atoms with Crippen molar-refractivity contribution in [3.05, 3.63) is 36.0 Å². The minimum Gasteiger partial charge on any atom is -0.353 e. The van der Waals surface area contributed by atoms with Crippen molar-refractivity contribution in [2.24, 2.45) is 0 Å². The van der Waals surface area contributed by atoms with Crippen LogP contribution < -0.4 is 4.90 Å². The average molecular weight is 361 g/mol. The number of piperazine rings is 1. The Labute approximate surface area is 149 Å². The van der Waals surface area contributed by atoms with Gasteiger partial charge in [-0.25, -0.2) is 0 Å². The van der Waals surface area contributed by atoms with E-state index in [1.54, 1.807) is 23.3 Å². The topological polar surface area (TPSA) is 58.3 Å². The van der Waals surface area contributed by atoms with Gasteiger partial charge in [-0.1, -0.05) is 17.3 Å². The Kier molecular flexibility index (Phi) is 4.68. The molecule has 8 heteroatoms. The van der Waals surface area contributed by atoms with E-state index in [9.17, 15) is 0 Å². The van der Waals surface area contributed by atoms with E-state index in [4.69, 9.17) is 4.52 Å². The lowest BCUT2D eigenvalue weighted by atomic mass is 10.2. The van der Waals surface area contributed by atoms with Gasteiger partial charge in [0.1, 0.15) is 5.82 Å². The molecule has 4 rings (SSSR count). The summed E-state index contributed by atoms with van der Waals surface area (Å²) in [6.07, 6.45) is 2.04. The lowest BCUT2D eigenvalue weighted by Crippen LogP contribution is -2.46. The highest BCUT2D eigenvalue weighted by Crippen LogP contribution is 2.29. The van der Waals surface area contributed by atoms with Gasteiger partial charge in [0.25, 0.3) is 0 Å². The number of anilines is 1. The highest BCUT2D eigenvalue weighted by molar-refractivity contribution is 7.97. The summed E-state index contributed by atoms with van der Waals surface area (Å²) in [5, 5.41) is 5.27. The number of hydrogen-bond donors (Lipinski definition) is 0. The number of aromatic nitrogens is 3. The predicted octanol–water partition coefficient (Wildman–Crippen LogP) is 2.86. The fraction of sp³-hybridized carbons (Fsp3) is 0.438. The monoisotopic (exact) mass is 361 g/mol. The molecule has 1 aliphatic rings. The lowest BCUT2D eigenvalue weighted by molar-refractivity contribution is 0.215. The van der Waals surface area contributed by atoms with Crippen LogP contribution in [0, 0.1) is 0 Å². The molecule has 0 spiro atoms. The second-order valence-electron chi connectivity index (χ2n) is 5.80. The first kappa shape index (κ1) is 15.9. The molecule has 0 atom stereocenters. The average Bonchev–Trinajstić information content (AvgIpc) is 3.23. The van der Waals surface area contributed by atoms with Gasteiger partial charge in [-0.15, -0.1) is 0 Å². The van der Waals surface area contributed by atoms with Gasteiger partial charge in [0, 0.05) is 31.6 Å². The Hall–Kier alpha value is -1.64. The van der Waals surface area contributed by atoms with Crippen molar-refractivity contribution in [3.8, 4) is 0 Å². The molecule has 0 bridgehead atoms. The van der Waals surface area contributed by atoms with Crippen molar-refractivity contribution < 1.29 is 4.52 Å². The van der Waals surface area contributed by atoms with Crippen LogP contribution in [0.3, 0.4) is 0 Å². The molecule has 3 heterocycles. The van der Waals surface area contributed by atoms with E-state index in [2.05, 4.69) is 48.6 Å². The van der Waals surface area contributed by atoms with E-state index in [0.29, 0.717) is 5.89 Å². The quantitative estimate of drug-likeness (QED) is 0.692. The molecule has 0 radical (unpaired) electrons. The molecular weight excluding hydrogens is 342 g/mol. The number of hydrogen-bond acceptors (Lipinski definition) is 8. The molecule has 0 saturated carbocycles. The van der Waals surface area contributed by atoms with Crippen LogP contribution in [0.4, 0.5) is 5.82 Å². The van der Waals surface area contributed by atoms with Crippen molar-refractivity contribution in [1.29, 1.82) is 0 Å². The molecule has 3 aromatic rings. The summed E-state index contributed by atoms with van der Waals surface area (Å²) >= 11 is 3.28. The molecule has 6 nitrogen and oxygen atoms in total. The van der Waals surface area contributed by atoms with Gasteiger partial charge in [-0.2, -0.15) is 21.1 Å². The molecule has 0 N–H and O–H groups in total. The lowest BCUT2D eigenvalue weighted by Gasteiger charge is -2.34. The predicted molar refractivity (Wildman–Crippen MR) is 98.6 cm³/mol. The standard InChI is InChI=1S/C16H19N5OS2/c1-23-11-14-17-15(22-18-14)10-20-6-8-21(9-7-20)16-12-4-2-3-5-13(12)24-19-16/h2-5H,6-11H2,1H3. The van der Waals surface area contributed by atoms with E-state index < -0.39 is 0 Å². The van der Waals surface area contributed by atoms with Gasteiger partial charge in [-0.3, -0.25) is 4.90 Å². The van der Waals surface area contributed by atoms with E-state index in [1.165, 1.54) is 10.1 Å². The third-order valence-corrected chi connectivity index (χ3v) is 5.54. The number of benzene rings is 1. The molecule has 0 aliphatic carbocycles. The smallest absolute Gasteiger partial charge is 0.240 e. The summed E-state index contributed by atoms with van der Waals surface area (Å²) in [4.78, 5) is 9.18. The summed E-state index contributed by atoms with van der Waals surface area (Å²) < 4.78 is 11.2. The molecule has 1 fully saturated rings. The third kappa shape index (κ3) is 3.26. The maximum atomic E-state index is 5.34. The molecule has 126 valence electrons. The first-order valence-corrected chi connectivity index (χ1v) is 10.1. The fourth-order valence-corrected chi connectivity index (χ4v) is 4.12. The second-order valence-corrected chi connectivity index (χ2v) is 7.47. The SMILES string of the molecule is CSCc1noc(CN2CCN(c3nsc4ccccc34)CC2)n1. The minimum atomic E-state index is 0.714. The zero-order valence-corrected chi connectivity index (χ0v) is 15.1. The normalized spacial score (nSPS) is 16.1. The molecule has 1 saturated heterocycles. The largest absolute Gasteiger partial charge is 0.353 e. The molecule has 2 aromatic heterocycles. The highest BCUT2D eigenvalue weighted by Gasteiger charge is 2.22. The van der Waals surface area contributed by atoms with Gasteiger partial charge in [0.05, 0.1) is 17.0 Å². The Morgan fingerprint density at radius 3 is 2.88 bits per heavy atom. The third-order valence-electron chi connectivity index (χ3n) is 4.17. The minimum absolute atomic E-state index is 0.714. The number of thioether (sulfide) groups is 1. The molecule has 0 unspecified atom stereocenters. The van der Waals surface area contributed by atoms with Crippen LogP contribution in [-0.2, 0) is 12.3 Å². The number of nitrogens with zero attached hydrogens (tertiary/aromatic N) is 5. The van der Waals surface area contributed by atoms with Crippen molar-refractivity contribution >= 4 is 39.2 Å². The Bertz CT molecular complexity index is 810. The summed E-state index contributed by atoms with van der Waals surface area (Å²) in [7, 11) is 0. The molecule has 0 amide bonds. The zero-order valence-electron chi connectivity index (χ0n) is 13.5. The van der Waals surface area contributed by atoms with E-state index in [1.807, 2.05) is 6.26 Å². The summed E-state index contributed by atoms with van der Waals surface area (Å²) in [6, 6.07) is 8.44. The van der Waals surface area contributed by atoms with E-state index >= 15 is 0 Å². The maximum absolute atomic E-state index is 5.34. The fourth-order valence-electron chi connectivity index (χ4n) is 2.95. The molecular formula is C16H19N5OS2. The van der Waals surface area contributed by atoms with Gasteiger partial charge in [0.15, 0.2) is 5.82 Å². The number of fused-ring (bicyclic) bond motifs is 1. The first-order chi connectivity index (χ1) is 11.8. The maximum Gasteiger partial charge on any atom is 0.240 e. The van der Waals surface area contributed by atoms with Crippen molar-refractivity contribution in [2.45, 2.75) is 12.3 Å². The Balaban J connectivity index is 1.38. The van der Waals surface area contributed by atoms with E-state index in [-0.39, 0.29) is 0 Å². The van der Waals surface area contributed by atoms with Crippen molar-refractivity contribution in [1.82, 2.24) is 19.4 Å². The van der Waals surface area contributed by atoms with Crippen LogP contribution in [0.15, 0.2) is 28.8 Å². The second kappa shape index (κ2) is 7.08. The van der Waals surface area contributed by atoms with E-state index in [0.717, 1.165) is 50.1 Å². The Morgan fingerprint density at radius 2 is 2.04 bits per heavy atom.